The first kappa shape index (κ1) is 19.2. The minimum atomic E-state index is -0.675. The molecule has 0 radical (unpaired) electrons. The third-order valence-electron chi connectivity index (χ3n) is 6.44. The highest BCUT2D eigenvalue weighted by Crippen LogP contribution is 2.43. The molecule has 1 saturated heterocycles. The van der Waals surface area contributed by atoms with E-state index in [0.717, 1.165) is 48.5 Å². The lowest BCUT2D eigenvalue weighted by Crippen LogP contribution is -3.16. The van der Waals surface area contributed by atoms with Gasteiger partial charge in [-0.2, -0.15) is 0 Å². The number of halogens is 1. The van der Waals surface area contributed by atoms with E-state index in [0.29, 0.717) is 19.5 Å². The van der Waals surface area contributed by atoms with E-state index in [4.69, 9.17) is 4.42 Å². The van der Waals surface area contributed by atoms with Crippen molar-refractivity contribution in [2.75, 3.05) is 13.1 Å². The van der Waals surface area contributed by atoms with E-state index >= 15 is 0 Å². The molecule has 1 aromatic heterocycles. The molecule has 2 heterocycles. The zero-order chi connectivity index (χ0) is 19.6. The Hall–Kier alpha value is -2.18. The molecule has 1 amide bonds. The highest BCUT2D eigenvalue weighted by molar-refractivity contribution is 5.76. The zero-order valence-electron chi connectivity index (χ0n) is 16.0. The summed E-state index contributed by atoms with van der Waals surface area (Å²) in [6, 6.07) is 10.2. The predicted octanol–water partition coefficient (Wildman–Crippen LogP) is 1.99. The number of aliphatic hydroxyl groups is 1. The summed E-state index contributed by atoms with van der Waals surface area (Å²) >= 11 is 0. The lowest BCUT2D eigenvalue weighted by Gasteiger charge is -2.50. The van der Waals surface area contributed by atoms with Crippen LogP contribution >= 0.6 is 0 Å². The number of hydrogen-bond donors (Lipinski definition) is 3. The number of carbonyl (C=O) groups is 1. The lowest BCUT2D eigenvalue weighted by molar-refractivity contribution is -0.937. The SMILES string of the molecule is O=C(C[NH+]1CC[C@]2(O)CCCC[C@@H]2[C@H]1c1ccc(F)cc1)NCc1ccco1. The molecule has 150 valence electrons. The van der Waals surface area contributed by atoms with Gasteiger partial charge in [-0.25, -0.2) is 4.39 Å². The summed E-state index contributed by atoms with van der Waals surface area (Å²) in [6.07, 6.45) is 6.18. The minimum absolute atomic E-state index is 0.00554. The van der Waals surface area contributed by atoms with Gasteiger partial charge in [0.25, 0.3) is 5.91 Å². The lowest BCUT2D eigenvalue weighted by atomic mass is 9.66. The Balaban J connectivity index is 1.52. The van der Waals surface area contributed by atoms with Crippen LogP contribution < -0.4 is 10.2 Å². The van der Waals surface area contributed by atoms with E-state index in [1.807, 2.05) is 6.07 Å². The Morgan fingerprint density at radius 1 is 1.25 bits per heavy atom. The van der Waals surface area contributed by atoms with Crippen molar-refractivity contribution in [1.82, 2.24) is 5.32 Å². The second kappa shape index (κ2) is 8.05. The number of furan rings is 1. The highest BCUT2D eigenvalue weighted by Gasteiger charge is 2.51. The van der Waals surface area contributed by atoms with Crippen LogP contribution in [-0.4, -0.2) is 29.7 Å². The van der Waals surface area contributed by atoms with Crippen molar-refractivity contribution in [3.8, 4) is 0 Å². The van der Waals surface area contributed by atoms with Crippen LogP contribution in [0.5, 0.6) is 0 Å². The number of fused-ring (bicyclic) bond motifs is 1. The molecule has 2 aliphatic rings. The maximum absolute atomic E-state index is 13.5. The van der Waals surface area contributed by atoms with Crippen molar-refractivity contribution >= 4 is 5.91 Å². The summed E-state index contributed by atoms with van der Waals surface area (Å²) < 4.78 is 18.7. The molecule has 0 spiro atoms. The summed E-state index contributed by atoms with van der Waals surface area (Å²) in [5.74, 6) is 0.503. The first-order valence-corrected chi connectivity index (χ1v) is 10.2. The van der Waals surface area contributed by atoms with Gasteiger partial charge in [-0.05, 0) is 37.1 Å². The average Bonchev–Trinajstić information content (AvgIpc) is 3.21. The number of carbonyl (C=O) groups excluding carboxylic acids is 1. The van der Waals surface area contributed by atoms with E-state index in [-0.39, 0.29) is 23.7 Å². The Morgan fingerprint density at radius 2 is 2.07 bits per heavy atom. The summed E-state index contributed by atoms with van der Waals surface area (Å²) in [6.45, 7) is 1.42. The normalized spacial score (nSPS) is 29.9. The van der Waals surface area contributed by atoms with Gasteiger partial charge in [0.1, 0.15) is 17.6 Å². The van der Waals surface area contributed by atoms with Crippen LogP contribution in [0.25, 0.3) is 0 Å². The van der Waals surface area contributed by atoms with Gasteiger partial charge in [0.15, 0.2) is 6.54 Å². The van der Waals surface area contributed by atoms with Crippen molar-refractivity contribution in [3.05, 3.63) is 59.8 Å². The fraction of sp³-hybridized carbons (Fsp3) is 0.500. The molecule has 1 aliphatic heterocycles. The Bertz CT molecular complexity index is 793. The van der Waals surface area contributed by atoms with Crippen molar-refractivity contribution in [1.29, 1.82) is 0 Å². The van der Waals surface area contributed by atoms with Crippen LogP contribution in [0, 0.1) is 11.7 Å². The van der Waals surface area contributed by atoms with Crippen molar-refractivity contribution in [2.45, 2.75) is 50.3 Å². The van der Waals surface area contributed by atoms with E-state index in [2.05, 4.69) is 5.32 Å². The molecule has 2 aromatic rings. The summed E-state index contributed by atoms with van der Waals surface area (Å²) in [5.41, 5.74) is 0.325. The molecule has 1 unspecified atom stereocenters. The van der Waals surface area contributed by atoms with Crippen LogP contribution in [0.15, 0.2) is 47.1 Å². The standard InChI is InChI=1S/C22H27FN2O3/c23-17-8-6-16(7-9-17)21-19-5-1-2-10-22(19,27)11-12-25(21)15-20(26)24-14-18-4-3-13-28-18/h3-4,6-9,13,19,21,27H,1-2,5,10-12,14-15H2,(H,24,26)/p+1/t19-,21-,22-/m1/s1. The van der Waals surface area contributed by atoms with Crippen LogP contribution in [0.1, 0.15) is 49.5 Å². The van der Waals surface area contributed by atoms with Crippen LogP contribution in [0.3, 0.4) is 0 Å². The molecule has 1 aromatic carbocycles. The van der Waals surface area contributed by atoms with Gasteiger partial charge >= 0.3 is 0 Å². The molecule has 28 heavy (non-hydrogen) atoms. The van der Waals surface area contributed by atoms with Crippen molar-refractivity contribution in [3.63, 3.8) is 0 Å². The number of hydrogen-bond acceptors (Lipinski definition) is 3. The second-order valence-corrected chi connectivity index (χ2v) is 8.18. The fourth-order valence-electron chi connectivity index (χ4n) is 5.06. The van der Waals surface area contributed by atoms with E-state index in [9.17, 15) is 14.3 Å². The van der Waals surface area contributed by atoms with Gasteiger partial charge < -0.3 is 19.7 Å². The van der Waals surface area contributed by atoms with E-state index < -0.39 is 5.60 Å². The summed E-state index contributed by atoms with van der Waals surface area (Å²) in [7, 11) is 0. The van der Waals surface area contributed by atoms with Crippen molar-refractivity contribution in [2.24, 2.45) is 5.92 Å². The number of amides is 1. The molecule has 5 nitrogen and oxygen atoms in total. The van der Waals surface area contributed by atoms with Gasteiger partial charge in [-0.3, -0.25) is 4.79 Å². The number of quaternary nitrogens is 1. The fourth-order valence-corrected chi connectivity index (χ4v) is 5.06. The number of nitrogens with one attached hydrogen (secondary N) is 2. The molecule has 1 aliphatic carbocycles. The quantitative estimate of drug-likeness (QED) is 0.735. The van der Waals surface area contributed by atoms with Gasteiger partial charge in [-0.15, -0.1) is 0 Å². The van der Waals surface area contributed by atoms with Gasteiger partial charge in [0, 0.05) is 17.9 Å². The zero-order valence-corrected chi connectivity index (χ0v) is 16.0. The topological polar surface area (TPSA) is 66.9 Å². The van der Waals surface area contributed by atoms with Crippen LogP contribution in [0.2, 0.25) is 0 Å². The average molecular weight is 387 g/mol. The van der Waals surface area contributed by atoms with Crippen LogP contribution in [-0.2, 0) is 11.3 Å². The molecule has 2 fully saturated rings. The highest BCUT2D eigenvalue weighted by atomic mass is 19.1. The largest absolute Gasteiger partial charge is 0.467 e. The van der Waals surface area contributed by atoms with Crippen molar-refractivity contribution < 1.29 is 23.6 Å². The van der Waals surface area contributed by atoms with Gasteiger partial charge in [0.2, 0.25) is 0 Å². The van der Waals surface area contributed by atoms with Gasteiger partial charge in [0.05, 0.1) is 25.0 Å². The smallest absolute Gasteiger partial charge is 0.275 e. The van der Waals surface area contributed by atoms with Crippen LogP contribution in [0.4, 0.5) is 4.39 Å². The second-order valence-electron chi connectivity index (χ2n) is 8.18. The number of benzene rings is 1. The number of piperidine rings is 1. The number of rotatable bonds is 5. The molecule has 6 heteroatoms. The molecule has 4 rings (SSSR count). The van der Waals surface area contributed by atoms with E-state index in [1.54, 1.807) is 24.5 Å². The Kier molecular flexibility index (Phi) is 5.51. The third kappa shape index (κ3) is 3.98. The Morgan fingerprint density at radius 3 is 2.82 bits per heavy atom. The number of likely N-dealkylation sites (tertiary alicyclic amines) is 1. The molecule has 1 saturated carbocycles. The first-order valence-electron chi connectivity index (χ1n) is 10.2. The summed E-state index contributed by atoms with van der Waals surface area (Å²) in [4.78, 5) is 13.7. The molecule has 4 atom stereocenters. The maximum Gasteiger partial charge on any atom is 0.275 e. The minimum Gasteiger partial charge on any atom is -0.467 e. The molecule has 0 bridgehead atoms. The first-order chi connectivity index (χ1) is 13.5. The molecule has 3 N–H and O–H groups in total. The Labute approximate surface area is 164 Å². The van der Waals surface area contributed by atoms with E-state index in [1.165, 1.54) is 12.1 Å². The molecular formula is C22H28FN2O3+. The molecular weight excluding hydrogens is 359 g/mol. The summed E-state index contributed by atoms with van der Waals surface area (Å²) in [5, 5.41) is 14.2. The monoisotopic (exact) mass is 387 g/mol. The van der Waals surface area contributed by atoms with Gasteiger partial charge in [-0.1, -0.05) is 25.0 Å². The maximum atomic E-state index is 13.5. The third-order valence-corrected chi connectivity index (χ3v) is 6.44. The predicted molar refractivity (Wildman–Crippen MR) is 102 cm³/mol.